The number of amides is 1. The van der Waals surface area contributed by atoms with Crippen LogP contribution in [0.1, 0.15) is 30.1 Å². The molecule has 2 rings (SSSR count). The first kappa shape index (κ1) is 15.3. The summed E-state index contributed by atoms with van der Waals surface area (Å²) in [5, 5.41) is 0. The predicted octanol–water partition coefficient (Wildman–Crippen LogP) is 2.66. The van der Waals surface area contributed by atoms with E-state index in [0.717, 1.165) is 23.9 Å². The summed E-state index contributed by atoms with van der Waals surface area (Å²) < 4.78 is 5.99. The van der Waals surface area contributed by atoms with Crippen molar-refractivity contribution in [2.45, 2.75) is 25.8 Å². The molecule has 2 N–H and O–H groups in total. The minimum Gasteiger partial charge on any atom is -0.497 e. The molecule has 110 valence electrons. The minimum absolute atomic E-state index is 0.0260. The average Bonchev–Trinajstić information content (AvgIpc) is 2.47. The third kappa shape index (κ3) is 3.15. The zero-order valence-electron chi connectivity index (χ0n) is 11.9. The zero-order valence-corrected chi connectivity index (χ0v) is 13.5. The van der Waals surface area contributed by atoms with Gasteiger partial charge in [-0.3, -0.25) is 4.79 Å². The Hall–Kier alpha value is -1.07. The van der Waals surface area contributed by atoms with E-state index in [-0.39, 0.29) is 11.9 Å². The van der Waals surface area contributed by atoms with E-state index in [1.54, 1.807) is 13.2 Å². The number of nitrogens with two attached hydrogens (primary N) is 1. The number of rotatable bonds is 3. The second kappa shape index (κ2) is 6.59. The van der Waals surface area contributed by atoms with Crippen LogP contribution in [0.3, 0.4) is 0 Å². The molecular weight excluding hydrogens is 320 g/mol. The fourth-order valence-corrected chi connectivity index (χ4v) is 3.11. The molecule has 1 aromatic rings. The van der Waals surface area contributed by atoms with E-state index in [4.69, 9.17) is 10.5 Å². The molecule has 1 aromatic carbocycles. The van der Waals surface area contributed by atoms with Gasteiger partial charge in [-0.2, -0.15) is 0 Å². The monoisotopic (exact) mass is 340 g/mol. The summed E-state index contributed by atoms with van der Waals surface area (Å²) in [6.45, 7) is 3.50. The summed E-state index contributed by atoms with van der Waals surface area (Å²) in [5.41, 5.74) is 6.47. The SMILES string of the molecule is COc1ccc(Br)c(C(=O)N2CCC(C)CC2CN)c1. The molecule has 0 radical (unpaired) electrons. The first-order chi connectivity index (χ1) is 9.56. The van der Waals surface area contributed by atoms with Crippen molar-refractivity contribution in [2.24, 2.45) is 11.7 Å². The van der Waals surface area contributed by atoms with Crippen molar-refractivity contribution < 1.29 is 9.53 Å². The van der Waals surface area contributed by atoms with E-state index in [2.05, 4.69) is 22.9 Å². The Morgan fingerprint density at radius 3 is 2.95 bits per heavy atom. The van der Waals surface area contributed by atoms with Gasteiger partial charge in [-0.1, -0.05) is 6.92 Å². The molecule has 1 fully saturated rings. The summed E-state index contributed by atoms with van der Waals surface area (Å²) in [7, 11) is 1.60. The normalized spacial score (nSPS) is 22.7. The third-order valence-corrected chi connectivity index (χ3v) is 4.61. The largest absolute Gasteiger partial charge is 0.497 e. The number of methoxy groups -OCH3 is 1. The van der Waals surface area contributed by atoms with Crippen molar-refractivity contribution in [1.29, 1.82) is 0 Å². The molecule has 0 spiro atoms. The van der Waals surface area contributed by atoms with E-state index >= 15 is 0 Å². The molecule has 1 heterocycles. The average molecular weight is 341 g/mol. The van der Waals surface area contributed by atoms with Crippen LogP contribution in [-0.2, 0) is 0 Å². The van der Waals surface area contributed by atoms with E-state index < -0.39 is 0 Å². The van der Waals surface area contributed by atoms with Crippen molar-refractivity contribution in [1.82, 2.24) is 4.90 Å². The Balaban J connectivity index is 2.26. The Morgan fingerprint density at radius 1 is 1.55 bits per heavy atom. The quantitative estimate of drug-likeness (QED) is 0.920. The Bertz CT molecular complexity index is 493. The standard InChI is InChI=1S/C15H21BrN2O2/c1-10-5-6-18(11(7-10)9-17)15(19)13-8-12(20-2)3-4-14(13)16/h3-4,8,10-11H,5-7,9,17H2,1-2H3. The van der Waals surface area contributed by atoms with E-state index in [9.17, 15) is 4.79 Å². The van der Waals surface area contributed by atoms with Gasteiger partial charge in [-0.25, -0.2) is 0 Å². The number of nitrogens with zero attached hydrogens (tertiary/aromatic N) is 1. The van der Waals surface area contributed by atoms with Gasteiger partial charge in [0.05, 0.1) is 12.7 Å². The van der Waals surface area contributed by atoms with Gasteiger partial charge >= 0.3 is 0 Å². The van der Waals surface area contributed by atoms with Gasteiger partial charge in [0.2, 0.25) is 0 Å². The molecule has 20 heavy (non-hydrogen) atoms. The number of hydrogen-bond acceptors (Lipinski definition) is 3. The molecule has 5 heteroatoms. The Kier molecular flexibility index (Phi) is 5.05. The molecule has 0 saturated carbocycles. The van der Waals surface area contributed by atoms with Crippen LogP contribution in [0, 0.1) is 5.92 Å². The molecule has 1 amide bonds. The highest BCUT2D eigenvalue weighted by Gasteiger charge is 2.30. The van der Waals surface area contributed by atoms with Crippen LogP contribution >= 0.6 is 15.9 Å². The summed E-state index contributed by atoms with van der Waals surface area (Å²) >= 11 is 3.45. The highest BCUT2D eigenvalue weighted by atomic mass is 79.9. The zero-order chi connectivity index (χ0) is 14.7. The molecule has 1 aliphatic rings. The lowest BCUT2D eigenvalue weighted by molar-refractivity contribution is 0.0572. The van der Waals surface area contributed by atoms with Gasteiger partial charge < -0.3 is 15.4 Å². The number of ether oxygens (including phenoxy) is 1. The van der Waals surface area contributed by atoms with Gasteiger partial charge in [0.25, 0.3) is 5.91 Å². The molecule has 2 atom stereocenters. The molecule has 4 nitrogen and oxygen atoms in total. The number of likely N-dealkylation sites (tertiary alicyclic amines) is 1. The first-order valence-electron chi connectivity index (χ1n) is 6.91. The van der Waals surface area contributed by atoms with Crippen LogP contribution in [0.15, 0.2) is 22.7 Å². The van der Waals surface area contributed by atoms with Crippen molar-refractivity contribution in [3.05, 3.63) is 28.2 Å². The predicted molar refractivity (Wildman–Crippen MR) is 83.0 cm³/mol. The van der Waals surface area contributed by atoms with E-state index in [1.807, 2.05) is 17.0 Å². The summed E-state index contributed by atoms with van der Waals surface area (Å²) in [6.07, 6.45) is 2.01. The van der Waals surface area contributed by atoms with Gasteiger partial charge in [-0.15, -0.1) is 0 Å². The van der Waals surface area contributed by atoms with Crippen LogP contribution in [0.2, 0.25) is 0 Å². The van der Waals surface area contributed by atoms with Crippen LogP contribution in [-0.4, -0.2) is 37.0 Å². The van der Waals surface area contributed by atoms with Crippen LogP contribution in [0.5, 0.6) is 5.75 Å². The number of carbonyl (C=O) groups excluding carboxylic acids is 1. The molecule has 0 aromatic heterocycles. The topological polar surface area (TPSA) is 55.6 Å². The Morgan fingerprint density at radius 2 is 2.30 bits per heavy atom. The van der Waals surface area contributed by atoms with Crippen molar-refractivity contribution in [3.8, 4) is 5.75 Å². The van der Waals surface area contributed by atoms with Gasteiger partial charge in [-0.05, 0) is 52.9 Å². The maximum Gasteiger partial charge on any atom is 0.255 e. The first-order valence-corrected chi connectivity index (χ1v) is 7.70. The third-order valence-electron chi connectivity index (χ3n) is 3.91. The molecule has 0 aliphatic carbocycles. The van der Waals surface area contributed by atoms with Crippen LogP contribution in [0.25, 0.3) is 0 Å². The molecule has 2 unspecified atom stereocenters. The summed E-state index contributed by atoms with van der Waals surface area (Å²) in [4.78, 5) is 14.7. The molecule has 1 saturated heterocycles. The Labute approximate surface area is 128 Å². The van der Waals surface area contributed by atoms with Gasteiger partial charge in [0, 0.05) is 23.6 Å². The maximum absolute atomic E-state index is 12.7. The van der Waals surface area contributed by atoms with Crippen LogP contribution in [0.4, 0.5) is 0 Å². The smallest absolute Gasteiger partial charge is 0.255 e. The number of piperidine rings is 1. The number of halogens is 1. The summed E-state index contributed by atoms with van der Waals surface area (Å²) in [6, 6.07) is 5.58. The van der Waals surface area contributed by atoms with Gasteiger partial charge in [0.1, 0.15) is 5.75 Å². The fraction of sp³-hybridized carbons (Fsp3) is 0.533. The van der Waals surface area contributed by atoms with Crippen molar-refractivity contribution >= 4 is 21.8 Å². The highest BCUT2D eigenvalue weighted by molar-refractivity contribution is 9.10. The molecular formula is C15H21BrN2O2. The number of carbonyl (C=O) groups is 1. The van der Waals surface area contributed by atoms with Crippen molar-refractivity contribution in [3.63, 3.8) is 0 Å². The lowest BCUT2D eigenvalue weighted by atomic mass is 9.92. The molecule has 1 aliphatic heterocycles. The van der Waals surface area contributed by atoms with E-state index in [1.165, 1.54) is 0 Å². The lowest BCUT2D eigenvalue weighted by Crippen LogP contribution is -2.49. The second-order valence-corrected chi connectivity index (χ2v) is 6.22. The minimum atomic E-state index is 0.0260. The van der Waals surface area contributed by atoms with Crippen LogP contribution < -0.4 is 10.5 Å². The number of hydrogen-bond donors (Lipinski definition) is 1. The van der Waals surface area contributed by atoms with Crippen molar-refractivity contribution in [2.75, 3.05) is 20.2 Å². The second-order valence-electron chi connectivity index (χ2n) is 5.36. The number of benzene rings is 1. The van der Waals surface area contributed by atoms with E-state index in [0.29, 0.717) is 23.8 Å². The lowest BCUT2D eigenvalue weighted by Gasteiger charge is -2.38. The molecule has 0 bridgehead atoms. The van der Waals surface area contributed by atoms with Gasteiger partial charge in [0.15, 0.2) is 0 Å². The highest BCUT2D eigenvalue weighted by Crippen LogP contribution is 2.28. The summed E-state index contributed by atoms with van der Waals surface area (Å²) in [5.74, 6) is 1.34. The fourth-order valence-electron chi connectivity index (χ4n) is 2.69. The maximum atomic E-state index is 12.7.